The highest BCUT2D eigenvalue weighted by Crippen LogP contribution is 2.14. The van der Waals surface area contributed by atoms with E-state index in [9.17, 15) is 9.59 Å². The van der Waals surface area contributed by atoms with Gasteiger partial charge in [0, 0.05) is 19.1 Å². The second-order valence-electron chi connectivity index (χ2n) is 6.82. The zero-order chi connectivity index (χ0) is 18.2. The maximum atomic E-state index is 12.2. The van der Waals surface area contributed by atoms with Crippen LogP contribution < -0.4 is 10.1 Å². The minimum atomic E-state index is -0.253. The van der Waals surface area contributed by atoms with Crippen LogP contribution in [0.1, 0.15) is 32.3 Å². The van der Waals surface area contributed by atoms with E-state index < -0.39 is 0 Å². The van der Waals surface area contributed by atoms with E-state index in [1.54, 1.807) is 12.0 Å². The molecule has 1 heterocycles. The Balaban J connectivity index is 1.71. The average molecular weight is 348 g/mol. The van der Waals surface area contributed by atoms with Crippen molar-refractivity contribution in [2.45, 2.75) is 39.2 Å². The van der Waals surface area contributed by atoms with E-state index in [1.807, 2.05) is 38.1 Å². The summed E-state index contributed by atoms with van der Waals surface area (Å²) in [5.41, 5.74) is 0.952. The molecule has 0 unspecified atom stereocenters. The molecule has 6 heteroatoms. The SMILES string of the molecule is COc1ccc(CC(=O)NC2CCN(C(=O)OCC(C)C)CC2)cc1. The van der Waals surface area contributed by atoms with Crippen LogP contribution >= 0.6 is 0 Å². The van der Waals surface area contributed by atoms with Gasteiger partial charge in [0.1, 0.15) is 5.75 Å². The molecule has 1 N–H and O–H groups in total. The number of hydrogen-bond acceptors (Lipinski definition) is 4. The topological polar surface area (TPSA) is 67.9 Å². The molecular formula is C19H28N2O4. The van der Waals surface area contributed by atoms with Crippen LogP contribution in [0.2, 0.25) is 0 Å². The van der Waals surface area contributed by atoms with Crippen molar-refractivity contribution < 1.29 is 19.1 Å². The zero-order valence-corrected chi connectivity index (χ0v) is 15.3. The van der Waals surface area contributed by atoms with Crippen molar-refractivity contribution in [3.05, 3.63) is 29.8 Å². The van der Waals surface area contributed by atoms with Gasteiger partial charge < -0.3 is 19.7 Å². The van der Waals surface area contributed by atoms with Gasteiger partial charge in [0.15, 0.2) is 0 Å². The summed E-state index contributed by atoms with van der Waals surface area (Å²) in [7, 11) is 1.62. The van der Waals surface area contributed by atoms with E-state index in [2.05, 4.69) is 5.32 Å². The number of amides is 2. The molecule has 2 rings (SSSR count). The third-order valence-electron chi connectivity index (χ3n) is 4.18. The van der Waals surface area contributed by atoms with Crippen molar-refractivity contribution in [3.8, 4) is 5.75 Å². The first-order valence-electron chi connectivity index (χ1n) is 8.82. The number of hydrogen-bond donors (Lipinski definition) is 1. The van der Waals surface area contributed by atoms with Gasteiger partial charge in [0.25, 0.3) is 0 Å². The van der Waals surface area contributed by atoms with Crippen molar-refractivity contribution in [2.24, 2.45) is 5.92 Å². The zero-order valence-electron chi connectivity index (χ0n) is 15.3. The Morgan fingerprint density at radius 1 is 1.20 bits per heavy atom. The van der Waals surface area contributed by atoms with E-state index in [0.717, 1.165) is 24.2 Å². The molecule has 6 nitrogen and oxygen atoms in total. The number of piperidine rings is 1. The standard InChI is InChI=1S/C19H28N2O4/c1-14(2)13-25-19(23)21-10-8-16(9-11-21)20-18(22)12-15-4-6-17(24-3)7-5-15/h4-7,14,16H,8-13H2,1-3H3,(H,20,22). The monoisotopic (exact) mass is 348 g/mol. The van der Waals surface area contributed by atoms with Gasteiger partial charge in [-0.2, -0.15) is 0 Å². The molecule has 138 valence electrons. The van der Waals surface area contributed by atoms with Crippen LogP contribution in [0.3, 0.4) is 0 Å². The van der Waals surface area contributed by atoms with E-state index in [-0.39, 0.29) is 18.0 Å². The third kappa shape index (κ3) is 6.29. The summed E-state index contributed by atoms with van der Waals surface area (Å²) >= 11 is 0. The highest BCUT2D eigenvalue weighted by molar-refractivity contribution is 5.79. The molecule has 1 saturated heterocycles. The molecule has 0 atom stereocenters. The number of ether oxygens (including phenoxy) is 2. The number of carbonyl (C=O) groups excluding carboxylic acids is 2. The van der Waals surface area contributed by atoms with Gasteiger partial charge in [-0.25, -0.2) is 4.79 Å². The fourth-order valence-corrected chi connectivity index (χ4v) is 2.74. The Labute approximate surface area is 149 Å². The minimum absolute atomic E-state index is 0.00556. The van der Waals surface area contributed by atoms with Crippen molar-refractivity contribution in [1.29, 1.82) is 0 Å². The van der Waals surface area contributed by atoms with E-state index in [1.165, 1.54) is 0 Å². The molecule has 1 aromatic rings. The van der Waals surface area contributed by atoms with Crippen LogP contribution in [0, 0.1) is 5.92 Å². The van der Waals surface area contributed by atoms with Crippen LogP contribution in [-0.4, -0.2) is 49.7 Å². The highest BCUT2D eigenvalue weighted by atomic mass is 16.6. The Kier molecular flexibility index (Phi) is 7.10. The van der Waals surface area contributed by atoms with Crippen LogP contribution in [0.25, 0.3) is 0 Å². The van der Waals surface area contributed by atoms with Crippen LogP contribution in [0.5, 0.6) is 5.75 Å². The number of rotatable bonds is 6. The second kappa shape index (κ2) is 9.30. The van der Waals surface area contributed by atoms with Gasteiger partial charge >= 0.3 is 6.09 Å². The molecule has 1 aliphatic heterocycles. The Morgan fingerprint density at radius 3 is 2.40 bits per heavy atom. The second-order valence-corrected chi connectivity index (χ2v) is 6.82. The summed E-state index contributed by atoms with van der Waals surface area (Å²) in [5, 5.41) is 3.06. The lowest BCUT2D eigenvalue weighted by Crippen LogP contribution is -2.47. The Bertz CT molecular complexity index is 563. The molecule has 2 amide bonds. The van der Waals surface area contributed by atoms with Gasteiger partial charge in [-0.15, -0.1) is 0 Å². The smallest absolute Gasteiger partial charge is 0.409 e. The van der Waals surface area contributed by atoms with Crippen LogP contribution in [-0.2, 0) is 16.0 Å². The fraction of sp³-hybridized carbons (Fsp3) is 0.579. The van der Waals surface area contributed by atoms with Crippen molar-refractivity contribution in [1.82, 2.24) is 10.2 Å². The molecule has 25 heavy (non-hydrogen) atoms. The van der Waals surface area contributed by atoms with Gasteiger partial charge in [-0.1, -0.05) is 26.0 Å². The number of carbonyl (C=O) groups is 2. The fourth-order valence-electron chi connectivity index (χ4n) is 2.74. The molecular weight excluding hydrogens is 320 g/mol. The van der Waals surface area contributed by atoms with Gasteiger partial charge in [0.2, 0.25) is 5.91 Å². The number of methoxy groups -OCH3 is 1. The van der Waals surface area contributed by atoms with Gasteiger partial charge in [0.05, 0.1) is 20.1 Å². The lowest BCUT2D eigenvalue weighted by Gasteiger charge is -2.31. The van der Waals surface area contributed by atoms with Crippen LogP contribution in [0.15, 0.2) is 24.3 Å². The van der Waals surface area contributed by atoms with Gasteiger partial charge in [-0.05, 0) is 36.5 Å². The normalized spacial score (nSPS) is 15.1. The van der Waals surface area contributed by atoms with Crippen LogP contribution in [0.4, 0.5) is 4.79 Å². The summed E-state index contributed by atoms with van der Waals surface area (Å²) in [6.07, 6.45) is 1.60. The lowest BCUT2D eigenvalue weighted by atomic mass is 10.0. The Morgan fingerprint density at radius 2 is 1.84 bits per heavy atom. The summed E-state index contributed by atoms with van der Waals surface area (Å²) < 4.78 is 10.4. The average Bonchev–Trinajstić information content (AvgIpc) is 2.61. The van der Waals surface area contributed by atoms with E-state index in [4.69, 9.17) is 9.47 Å². The predicted molar refractivity (Wildman–Crippen MR) is 95.6 cm³/mol. The molecule has 0 spiro atoms. The van der Waals surface area contributed by atoms with E-state index in [0.29, 0.717) is 32.0 Å². The first-order valence-corrected chi connectivity index (χ1v) is 8.82. The van der Waals surface area contributed by atoms with Crippen molar-refractivity contribution >= 4 is 12.0 Å². The summed E-state index contributed by atoms with van der Waals surface area (Å²) in [5.74, 6) is 1.12. The summed E-state index contributed by atoms with van der Waals surface area (Å²) in [4.78, 5) is 25.8. The summed E-state index contributed by atoms with van der Waals surface area (Å²) in [6, 6.07) is 7.60. The molecule has 0 aliphatic carbocycles. The lowest BCUT2D eigenvalue weighted by molar-refractivity contribution is -0.121. The third-order valence-corrected chi connectivity index (χ3v) is 4.18. The number of nitrogens with one attached hydrogen (secondary N) is 1. The number of benzene rings is 1. The summed E-state index contributed by atoms with van der Waals surface area (Å²) in [6.45, 7) is 5.70. The molecule has 0 bridgehead atoms. The molecule has 1 aliphatic rings. The van der Waals surface area contributed by atoms with E-state index >= 15 is 0 Å². The van der Waals surface area contributed by atoms with Crippen molar-refractivity contribution in [2.75, 3.05) is 26.8 Å². The quantitative estimate of drug-likeness (QED) is 0.858. The predicted octanol–water partition coefficient (Wildman–Crippen LogP) is 2.61. The molecule has 1 aromatic carbocycles. The maximum Gasteiger partial charge on any atom is 0.409 e. The van der Waals surface area contributed by atoms with Gasteiger partial charge in [-0.3, -0.25) is 4.79 Å². The molecule has 0 saturated carbocycles. The number of nitrogens with zero attached hydrogens (tertiary/aromatic N) is 1. The number of likely N-dealkylation sites (tertiary alicyclic amines) is 1. The Hall–Kier alpha value is -2.24. The molecule has 0 aromatic heterocycles. The highest BCUT2D eigenvalue weighted by Gasteiger charge is 2.24. The molecule has 1 fully saturated rings. The maximum absolute atomic E-state index is 12.2. The van der Waals surface area contributed by atoms with Crippen molar-refractivity contribution in [3.63, 3.8) is 0 Å². The first kappa shape index (κ1) is 19.1. The molecule has 0 radical (unpaired) electrons. The first-order chi connectivity index (χ1) is 12.0. The minimum Gasteiger partial charge on any atom is -0.497 e. The largest absolute Gasteiger partial charge is 0.497 e.